The zero-order chi connectivity index (χ0) is 14.9. The second kappa shape index (κ2) is 5.74. The zero-order valence-corrected chi connectivity index (χ0v) is 11.7. The maximum Gasteiger partial charge on any atom is 0.401 e. The minimum Gasteiger partial charge on any atom is -0.378 e. The molecule has 0 bridgehead atoms. The molecule has 1 saturated heterocycles. The van der Waals surface area contributed by atoms with E-state index in [0.29, 0.717) is 5.82 Å². The summed E-state index contributed by atoms with van der Waals surface area (Å²) in [7, 11) is 0. The molecule has 0 N–H and O–H groups in total. The highest BCUT2D eigenvalue weighted by Gasteiger charge is 2.38. The molecule has 0 aliphatic carbocycles. The Morgan fingerprint density at radius 2 is 2.29 bits per heavy atom. The van der Waals surface area contributed by atoms with Gasteiger partial charge in [-0.15, -0.1) is 0 Å². The van der Waals surface area contributed by atoms with Crippen LogP contribution in [-0.4, -0.2) is 47.5 Å². The Bertz CT molecular complexity index is 585. The molecule has 3 rings (SSSR count). The third kappa shape index (κ3) is 3.42. The van der Waals surface area contributed by atoms with Crippen molar-refractivity contribution in [3.63, 3.8) is 0 Å². The van der Waals surface area contributed by atoms with Gasteiger partial charge in [-0.25, -0.2) is 0 Å². The number of halogens is 3. The second-order valence-corrected chi connectivity index (χ2v) is 5.42. The summed E-state index contributed by atoms with van der Waals surface area (Å²) in [5.74, 6) is 0.531. The van der Waals surface area contributed by atoms with E-state index in [9.17, 15) is 13.2 Å². The minimum atomic E-state index is -4.27. The van der Waals surface area contributed by atoms with Crippen molar-refractivity contribution in [2.75, 3.05) is 26.3 Å². The van der Waals surface area contributed by atoms with Crippen molar-refractivity contribution in [1.29, 1.82) is 0 Å². The van der Waals surface area contributed by atoms with E-state index in [0.717, 1.165) is 5.56 Å². The van der Waals surface area contributed by atoms with Crippen LogP contribution in [0.4, 0.5) is 13.2 Å². The highest BCUT2D eigenvalue weighted by molar-refractivity contribution is 7.08. The van der Waals surface area contributed by atoms with Crippen LogP contribution in [0.2, 0.25) is 0 Å². The molecule has 1 atom stereocenters. The predicted molar refractivity (Wildman–Crippen MR) is 68.8 cm³/mol. The van der Waals surface area contributed by atoms with Gasteiger partial charge >= 0.3 is 6.18 Å². The van der Waals surface area contributed by atoms with Crippen LogP contribution < -0.4 is 0 Å². The lowest BCUT2D eigenvalue weighted by atomic mass is 10.2. The van der Waals surface area contributed by atoms with Crippen molar-refractivity contribution in [3.05, 3.63) is 22.7 Å². The predicted octanol–water partition coefficient (Wildman–Crippen LogP) is 2.73. The molecule has 9 heteroatoms. The molecule has 1 unspecified atom stereocenters. The molecule has 2 aromatic rings. The van der Waals surface area contributed by atoms with Crippen LogP contribution in [0.15, 0.2) is 21.3 Å². The summed E-state index contributed by atoms with van der Waals surface area (Å²) in [6.45, 7) is -0.461. The first-order valence-electron chi connectivity index (χ1n) is 6.28. The molecule has 3 heterocycles. The minimum absolute atomic E-state index is 0.112. The number of aromatic nitrogens is 2. The Morgan fingerprint density at radius 3 is 3.00 bits per heavy atom. The number of hydrogen-bond acceptors (Lipinski definition) is 6. The summed E-state index contributed by atoms with van der Waals surface area (Å²) in [5, 5.41) is 7.53. The molecule has 0 amide bonds. The van der Waals surface area contributed by atoms with Gasteiger partial charge in [0.1, 0.15) is 6.04 Å². The van der Waals surface area contributed by atoms with Crippen LogP contribution in [0.3, 0.4) is 0 Å². The molecular weight excluding hydrogens is 307 g/mol. The number of ether oxygens (including phenoxy) is 1. The van der Waals surface area contributed by atoms with Crippen molar-refractivity contribution in [1.82, 2.24) is 15.0 Å². The van der Waals surface area contributed by atoms with Crippen LogP contribution in [0.1, 0.15) is 11.9 Å². The van der Waals surface area contributed by atoms with Gasteiger partial charge < -0.3 is 9.26 Å². The smallest absolute Gasteiger partial charge is 0.378 e. The van der Waals surface area contributed by atoms with Gasteiger partial charge in [-0.2, -0.15) is 29.5 Å². The Balaban J connectivity index is 1.80. The molecule has 114 valence electrons. The lowest BCUT2D eigenvalue weighted by molar-refractivity contribution is -0.164. The van der Waals surface area contributed by atoms with E-state index in [1.165, 1.54) is 16.2 Å². The van der Waals surface area contributed by atoms with Crippen LogP contribution in [0.25, 0.3) is 11.4 Å². The van der Waals surface area contributed by atoms with Crippen LogP contribution >= 0.6 is 11.3 Å². The van der Waals surface area contributed by atoms with Gasteiger partial charge in [-0.05, 0) is 11.4 Å². The Labute approximate surface area is 122 Å². The van der Waals surface area contributed by atoms with Gasteiger partial charge in [-0.1, -0.05) is 5.16 Å². The molecule has 1 aliphatic rings. The Kier molecular flexibility index (Phi) is 3.96. The number of thiophene rings is 1. The van der Waals surface area contributed by atoms with Crippen molar-refractivity contribution >= 4 is 11.3 Å². The van der Waals surface area contributed by atoms with E-state index in [4.69, 9.17) is 9.26 Å². The van der Waals surface area contributed by atoms with Gasteiger partial charge in [0.05, 0.1) is 19.8 Å². The molecule has 0 saturated carbocycles. The summed E-state index contributed by atoms with van der Waals surface area (Å²) in [4.78, 5) is 5.45. The van der Waals surface area contributed by atoms with Gasteiger partial charge in [0, 0.05) is 17.5 Å². The van der Waals surface area contributed by atoms with Crippen molar-refractivity contribution < 1.29 is 22.4 Å². The van der Waals surface area contributed by atoms with Gasteiger partial charge in [-0.3, -0.25) is 4.90 Å². The lowest BCUT2D eigenvalue weighted by Crippen LogP contribution is -2.44. The Hall–Kier alpha value is -1.45. The van der Waals surface area contributed by atoms with Crippen LogP contribution in [0, 0.1) is 0 Å². The fourth-order valence-corrected chi connectivity index (χ4v) is 2.80. The average molecular weight is 319 g/mol. The van der Waals surface area contributed by atoms with E-state index in [1.807, 2.05) is 16.8 Å². The number of morpholine rings is 1. The average Bonchev–Trinajstić information content (AvgIpc) is 3.08. The normalized spacial score (nSPS) is 20.8. The molecule has 0 radical (unpaired) electrons. The fraction of sp³-hybridized carbons (Fsp3) is 0.500. The van der Waals surface area contributed by atoms with E-state index in [2.05, 4.69) is 10.1 Å². The summed E-state index contributed by atoms with van der Waals surface area (Å²) >= 11 is 1.48. The van der Waals surface area contributed by atoms with Crippen LogP contribution in [-0.2, 0) is 4.74 Å². The number of hydrogen-bond donors (Lipinski definition) is 0. The highest BCUT2D eigenvalue weighted by atomic mass is 32.1. The quantitative estimate of drug-likeness (QED) is 0.871. The van der Waals surface area contributed by atoms with Crippen molar-refractivity contribution in [2.24, 2.45) is 0 Å². The first kappa shape index (κ1) is 14.5. The fourth-order valence-electron chi connectivity index (χ4n) is 2.16. The van der Waals surface area contributed by atoms with Crippen molar-refractivity contribution in [3.8, 4) is 11.4 Å². The SMILES string of the molecule is FC(F)(F)CN1CCOCC1c1nc(-c2ccsc2)no1. The molecule has 5 nitrogen and oxygen atoms in total. The molecule has 21 heavy (non-hydrogen) atoms. The maximum atomic E-state index is 12.6. The zero-order valence-electron chi connectivity index (χ0n) is 10.8. The van der Waals surface area contributed by atoms with Crippen LogP contribution in [0.5, 0.6) is 0 Å². The van der Waals surface area contributed by atoms with E-state index in [-0.39, 0.29) is 25.6 Å². The van der Waals surface area contributed by atoms with Gasteiger partial charge in [0.25, 0.3) is 0 Å². The van der Waals surface area contributed by atoms with Gasteiger partial charge in [0.2, 0.25) is 11.7 Å². The standard InChI is InChI=1S/C12H12F3N3O2S/c13-12(14,15)7-18-2-3-19-5-9(18)11-16-10(17-20-11)8-1-4-21-6-8/h1,4,6,9H,2-3,5,7H2. The van der Waals surface area contributed by atoms with E-state index >= 15 is 0 Å². The summed E-state index contributed by atoms with van der Waals surface area (Å²) < 4.78 is 48.2. The number of alkyl halides is 3. The molecule has 2 aromatic heterocycles. The maximum absolute atomic E-state index is 12.6. The first-order chi connectivity index (χ1) is 10.0. The Morgan fingerprint density at radius 1 is 1.43 bits per heavy atom. The molecule has 1 aliphatic heterocycles. The number of rotatable bonds is 3. The highest BCUT2D eigenvalue weighted by Crippen LogP contribution is 2.29. The molecular formula is C12H12F3N3O2S. The van der Waals surface area contributed by atoms with Gasteiger partial charge in [0.15, 0.2) is 0 Å². The number of nitrogens with zero attached hydrogens (tertiary/aromatic N) is 3. The topological polar surface area (TPSA) is 51.4 Å². The van der Waals surface area contributed by atoms with E-state index < -0.39 is 18.8 Å². The molecule has 0 spiro atoms. The largest absolute Gasteiger partial charge is 0.401 e. The van der Waals surface area contributed by atoms with E-state index in [1.54, 1.807) is 0 Å². The summed E-state index contributed by atoms with van der Waals surface area (Å²) in [5.41, 5.74) is 0.786. The third-order valence-electron chi connectivity index (χ3n) is 3.13. The summed E-state index contributed by atoms with van der Waals surface area (Å²) in [6, 6.07) is 1.16. The first-order valence-corrected chi connectivity index (χ1v) is 7.22. The summed E-state index contributed by atoms with van der Waals surface area (Å²) in [6.07, 6.45) is -4.27. The third-order valence-corrected chi connectivity index (χ3v) is 3.81. The second-order valence-electron chi connectivity index (χ2n) is 4.64. The lowest BCUT2D eigenvalue weighted by Gasteiger charge is -2.33. The monoisotopic (exact) mass is 319 g/mol. The molecule has 1 fully saturated rings. The van der Waals surface area contributed by atoms with Crippen molar-refractivity contribution in [2.45, 2.75) is 12.2 Å². The molecule has 0 aromatic carbocycles.